The van der Waals surface area contributed by atoms with Gasteiger partial charge in [0.1, 0.15) is 0 Å². The molecule has 5 unspecified atom stereocenters. The van der Waals surface area contributed by atoms with E-state index in [2.05, 4.69) is 21.2 Å². The van der Waals surface area contributed by atoms with E-state index in [1.54, 1.807) is 0 Å². The number of nitrogens with zero attached hydrogens (tertiary/aromatic N) is 2. The average Bonchev–Trinajstić information content (AvgIpc) is 3.34. The molecule has 0 spiro atoms. The summed E-state index contributed by atoms with van der Waals surface area (Å²) in [6.45, 7) is 7.60. The van der Waals surface area contributed by atoms with Crippen LogP contribution in [0.4, 0.5) is 0 Å². The predicted molar refractivity (Wildman–Crippen MR) is 104 cm³/mol. The number of nitrogens with one attached hydrogen (secondary N) is 3. The summed E-state index contributed by atoms with van der Waals surface area (Å²) in [6.07, 6.45) is 5.23. The van der Waals surface area contributed by atoms with Gasteiger partial charge >= 0.3 is 0 Å². The maximum Gasteiger partial charge on any atom is 0.222 e. The Hall–Kier alpha value is -0.770. The van der Waals surface area contributed by atoms with Gasteiger partial charge in [-0.05, 0) is 31.6 Å². The molecule has 0 saturated carbocycles. The molecule has 158 valence electrons. The third kappa shape index (κ3) is 3.59. The minimum atomic E-state index is 0.237. The quantitative estimate of drug-likeness (QED) is 0.614. The van der Waals surface area contributed by atoms with E-state index in [1.807, 2.05) is 11.8 Å². The number of hydrogen-bond acceptors (Lipinski definition) is 7. The van der Waals surface area contributed by atoms with Crippen molar-refractivity contribution in [1.29, 1.82) is 0 Å². The summed E-state index contributed by atoms with van der Waals surface area (Å²) >= 11 is 0. The van der Waals surface area contributed by atoms with E-state index in [0.717, 1.165) is 65.1 Å². The fraction of sp³-hybridized carbons (Fsp3) is 0.950. The lowest BCUT2D eigenvalue weighted by Gasteiger charge is -2.43. The smallest absolute Gasteiger partial charge is 0.222 e. The molecule has 8 nitrogen and oxygen atoms in total. The zero-order valence-electron chi connectivity index (χ0n) is 16.9. The number of fused-ring (bicyclic) bond motifs is 1. The summed E-state index contributed by atoms with van der Waals surface area (Å²) in [7, 11) is 0. The molecule has 5 rings (SSSR count). The van der Waals surface area contributed by atoms with E-state index < -0.39 is 0 Å². The van der Waals surface area contributed by atoms with Crippen molar-refractivity contribution in [2.45, 2.75) is 69.3 Å². The molecule has 0 radical (unpaired) electrons. The van der Waals surface area contributed by atoms with Crippen LogP contribution in [0.25, 0.3) is 0 Å². The molecule has 0 aromatic heterocycles. The highest BCUT2D eigenvalue weighted by Crippen LogP contribution is 2.33. The summed E-state index contributed by atoms with van der Waals surface area (Å²) in [5.41, 5.74) is 6.97. The van der Waals surface area contributed by atoms with Crippen molar-refractivity contribution in [3.63, 3.8) is 0 Å². The lowest BCUT2D eigenvalue weighted by molar-refractivity contribution is -0.132. The van der Waals surface area contributed by atoms with Gasteiger partial charge in [-0.25, -0.2) is 5.01 Å². The first kappa shape index (κ1) is 19.2. The first-order valence-electron chi connectivity index (χ1n) is 11.2. The minimum Gasteiger partial charge on any atom is -0.378 e. The zero-order chi connectivity index (χ0) is 19.1. The second-order valence-electron chi connectivity index (χ2n) is 9.23. The standard InChI is InChI=1S/C20H35N5O3/c1-2-20(26)24-5-3-13(4-6-24)16-8-19(28-23-16)17-7-18-14(9-21-17)10-22-25(18)15-11-27-12-15/h13-19,21-23H,2-12H2,1H3. The first-order valence-corrected chi connectivity index (χ1v) is 11.2. The number of hydrazine groups is 1. The summed E-state index contributed by atoms with van der Waals surface area (Å²) in [5.74, 6) is 1.58. The molecule has 0 bridgehead atoms. The van der Waals surface area contributed by atoms with Gasteiger partial charge in [0, 0.05) is 56.6 Å². The first-order chi connectivity index (χ1) is 13.7. The number of hydrogen-bond donors (Lipinski definition) is 3. The van der Waals surface area contributed by atoms with Crippen LogP contribution in [0.3, 0.4) is 0 Å². The molecule has 1 amide bonds. The van der Waals surface area contributed by atoms with Gasteiger partial charge in [-0.1, -0.05) is 6.92 Å². The summed E-state index contributed by atoms with van der Waals surface area (Å²) in [5, 5.41) is 6.24. The largest absolute Gasteiger partial charge is 0.378 e. The summed E-state index contributed by atoms with van der Waals surface area (Å²) in [6, 6.07) is 1.95. The number of hydroxylamine groups is 1. The maximum atomic E-state index is 11.9. The highest BCUT2D eigenvalue weighted by molar-refractivity contribution is 5.75. The number of piperidine rings is 2. The Morgan fingerprint density at radius 2 is 1.89 bits per heavy atom. The van der Waals surface area contributed by atoms with Gasteiger partial charge in [0.05, 0.1) is 25.4 Å². The summed E-state index contributed by atoms with van der Waals surface area (Å²) < 4.78 is 5.41. The Kier molecular flexibility index (Phi) is 5.60. The number of likely N-dealkylation sites (tertiary alicyclic amines) is 1. The lowest BCUT2D eigenvalue weighted by atomic mass is 9.83. The van der Waals surface area contributed by atoms with Crippen molar-refractivity contribution in [3.05, 3.63) is 0 Å². The molecule has 8 heteroatoms. The molecule has 0 aromatic rings. The maximum absolute atomic E-state index is 11.9. The van der Waals surface area contributed by atoms with Crippen LogP contribution in [0.15, 0.2) is 0 Å². The Labute approximate surface area is 167 Å². The van der Waals surface area contributed by atoms with Crippen LogP contribution in [-0.4, -0.2) is 85.5 Å². The van der Waals surface area contributed by atoms with Crippen LogP contribution in [-0.2, 0) is 14.4 Å². The van der Waals surface area contributed by atoms with Gasteiger partial charge in [-0.2, -0.15) is 5.48 Å². The summed E-state index contributed by atoms with van der Waals surface area (Å²) in [4.78, 5) is 20.0. The highest BCUT2D eigenvalue weighted by atomic mass is 16.7. The molecule has 3 N–H and O–H groups in total. The van der Waals surface area contributed by atoms with Crippen LogP contribution in [0.5, 0.6) is 0 Å². The van der Waals surface area contributed by atoms with Crippen molar-refractivity contribution in [2.75, 3.05) is 39.4 Å². The van der Waals surface area contributed by atoms with Crippen LogP contribution < -0.4 is 16.2 Å². The van der Waals surface area contributed by atoms with Gasteiger partial charge < -0.3 is 15.0 Å². The van der Waals surface area contributed by atoms with E-state index in [0.29, 0.717) is 48.3 Å². The van der Waals surface area contributed by atoms with Crippen molar-refractivity contribution >= 4 is 5.91 Å². The van der Waals surface area contributed by atoms with Crippen molar-refractivity contribution in [3.8, 4) is 0 Å². The van der Waals surface area contributed by atoms with Gasteiger partial charge in [-0.3, -0.25) is 15.1 Å². The molecular formula is C20H35N5O3. The van der Waals surface area contributed by atoms with E-state index in [1.165, 1.54) is 0 Å². The van der Waals surface area contributed by atoms with Crippen molar-refractivity contribution < 1.29 is 14.4 Å². The van der Waals surface area contributed by atoms with Crippen LogP contribution in [0.2, 0.25) is 0 Å². The van der Waals surface area contributed by atoms with E-state index in [4.69, 9.17) is 9.57 Å². The molecule has 5 aliphatic heterocycles. The minimum absolute atomic E-state index is 0.237. The number of rotatable bonds is 4. The third-order valence-corrected chi connectivity index (χ3v) is 7.66. The molecule has 5 heterocycles. The SMILES string of the molecule is CCC(=O)N1CCC(C2CC(C3CC4C(CN3)CNN4C3COC3)ON2)CC1. The number of carbonyl (C=O) groups is 1. The van der Waals surface area contributed by atoms with Gasteiger partial charge in [-0.15, -0.1) is 0 Å². The molecule has 28 heavy (non-hydrogen) atoms. The number of amides is 1. The molecule has 5 saturated heterocycles. The Balaban J connectivity index is 1.13. The molecular weight excluding hydrogens is 358 g/mol. The lowest BCUT2D eigenvalue weighted by Crippen LogP contribution is -2.59. The molecule has 5 atom stereocenters. The number of carbonyl (C=O) groups excluding carboxylic acids is 1. The zero-order valence-corrected chi connectivity index (χ0v) is 16.9. The third-order valence-electron chi connectivity index (χ3n) is 7.66. The average molecular weight is 394 g/mol. The van der Waals surface area contributed by atoms with Crippen LogP contribution in [0, 0.1) is 11.8 Å². The second kappa shape index (κ2) is 8.16. The molecule has 0 aromatic carbocycles. The second-order valence-corrected chi connectivity index (χ2v) is 9.23. The van der Waals surface area contributed by atoms with Crippen LogP contribution >= 0.6 is 0 Å². The van der Waals surface area contributed by atoms with Crippen molar-refractivity contribution in [2.24, 2.45) is 11.8 Å². The predicted octanol–water partition coefficient (Wildman–Crippen LogP) is -0.137. The van der Waals surface area contributed by atoms with E-state index >= 15 is 0 Å². The van der Waals surface area contributed by atoms with Crippen LogP contribution in [0.1, 0.15) is 39.0 Å². The highest BCUT2D eigenvalue weighted by Gasteiger charge is 2.47. The molecule has 5 aliphatic rings. The Morgan fingerprint density at radius 1 is 1.07 bits per heavy atom. The monoisotopic (exact) mass is 393 g/mol. The Morgan fingerprint density at radius 3 is 2.61 bits per heavy atom. The van der Waals surface area contributed by atoms with Gasteiger partial charge in [0.25, 0.3) is 0 Å². The molecule has 5 fully saturated rings. The number of ether oxygens (including phenoxy) is 1. The van der Waals surface area contributed by atoms with E-state index in [-0.39, 0.29) is 6.10 Å². The van der Waals surface area contributed by atoms with Gasteiger partial charge in [0.2, 0.25) is 5.91 Å². The molecule has 0 aliphatic carbocycles. The fourth-order valence-electron chi connectivity index (χ4n) is 5.76. The normalized spacial score (nSPS) is 40.5. The van der Waals surface area contributed by atoms with Crippen molar-refractivity contribution in [1.82, 2.24) is 26.1 Å². The fourth-order valence-corrected chi connectivity index (χ4v) is 5.76. The van der Waals surface area contributed by atoms with E-state index in [9.17, 15) is 4.79 Å². The Bertz CT molecular complexity index is 566. The van der Waals surface area contributed by atoms with Gasteiger partial charge in [0.15, 0.2) is 0 Å². The topological polar surface area (TPSA) is 78.1 Å².